The second-order valence-electron chi connectivity index (χ2n) is 5.78. The van der Waals surface area contributed by atoms with Crippen molar-refractivity contribution in [1.82, 2.24) is 0 Å². The van der Waals surface area contributed by atoms with Crippen molar-refractivity contribution >= 4 is 0 Å². The predicted molar refractivity (Wildman–Crippen MR) is 68.3 cm³/mol. The van der Waals surface area contributed by atoms with E-state index in [1.54, 1.807) is 12.1 Å². The summed E-state index contributed by atoms with van der Waals surface area (Å²) in [4.78, 5) is 0. The van der Waals surface area contributed by atoms with E-state index in [4.69, 9.17) is 14.2 Å². The van der Waals surface area contributed by atoms with Gasteiger partial charge >= 0.3 is 0 Å². The first kappa shape index (κ1) is 13.0. The van der Waals surface area contributed by atoms with Crippen molar-refractivity contribution in [1.29, 1.82) is 0 Å². The summed E-state index contributed by atoms with van der Waals surface area (Å²) in [5.74, 6) is -0.766. The van der Waals surface area contributed by atoms with Crippen molar-refractivity contribution in [3.63, 3.8) is 0 Å². The van der Waals surface area contributed by atoms with E-state index in [1.165, 1.54) is 12.1 Å². The minimum absolute atomic E-state index is 0.0135. The van der Waals surface area contributed by atoms with E-state index in [0.717, 1.165) is 5.56 Å². The summed E-state index contributed by atoms with van der Waals surface area (Å²) in [6.07, 6.45) is 0.644. The van der Waals surface area contributed by atoms with E-state index in [0.29, 0.717) is 6.42 Å². The third-order valence-corrected chi connectivity index (χ3v) is 3.73. The molecule has 0 radical (unpaired) electrons. The normalized spacial score (nSPS) is 36.4. The molecule has 2 saturated heterocycles. The minimum atomic E-state index is -0.547. The minimum Gasteiger partial charge on any atom is -0.369 e. The van der Waals surface area contributed by atoms with Gasteiger partial charge < -0.3 is 14.2 Å². The van der Waals surface area contributed by atoms with E-state index in [1.807, 2.05) is 20.8 Å². The highest BCUT2D eigenvalue weighted by Gasteiger charge is 2.53. The van der Waals surface area contributed by atoms with Crippen LogP contribution in [-0.2, 0) is 20.6 Å². The number of fused-ring (bicyclic) bond motifs is 1. The van der Waals surface area contributed by atoms with Crippen molar-refractivity contribution in [3.8, 4) is 0 Å². The number of ether oxygens (including phenoxy) is 3. The van der Waals surface area contributed by atoms with Crippen LogP contribution in [-0.4, -0.2) is 30.2 Å². The molecule has 0 aromatic heterocycles. The highest BCUT2D eigenvalue weighted by atomic mass is 19.1. The molecule has 104 valence electrons. The fourth-order valence-corrected chi connectivity index (χ4v) is 2.92. The molecular weight excluding hydrogens is 247 g/mol. The van der Waals surface area contributed by atoms with Crippen LogP contribution in [0.1, 0.15) is 26.3 Å². The molecule has 0 amide bonds. The van der Waals surface area contributed by atoms with Crippen molar-refractivity contribution in [2.24, 2.45) is 0 Å². The molecule has 2 heterocycles. The quantitative estimate of drug-likeness (QED) is 0.823. The Balaban J connectivity index is 1.73. The van der Waals surface area contributed by atoms with Crippen LogP contribution in [0.25, 0.3) is 0 Å². The first-order valence-corrected chi connectivity index (χ1v) is 6.70. The van der Waals surface area contributed by atoms with Crippen LogP contribution >= 0.6 is 0 Å². The molecule has 19 heavy (non-hydrogen) atoms. The summed E-state index contributed by atoms with van der Waals surface area (Å²) < 4.78 is 30.6. The number of hydrogen-bond donors (Lipinski definition) is 0. The van der Waals surface area contributed by atoms with Crippen LogP contribution in [0, 0.1) is 5.82 Å². The predicted octanol–water partition coefficient (Wildman–Crippen LogP) is 2.68. The number of halogens is 1. The largest absolute Gasteiger partial charge is 0.369 e. The average molecular weight is 266 g/mol. The summed E-state index contributed by atoms with van der Waals surface area (Å²) in [5.41, 5.74) is 1.05. The Bertz CT molecular complexity index is 457. The van der Waals surface area contributed by atoms with Crippen molar-refractivity contribution in [2.45, 2.75) is 57.4 Å². The Hall–Kier alpha value is -0.970. The molecule has 0 spiro atoms. The summed E-state index contributed by atoms with van der Waals surface area (Å²) in [6, 6.07) is 6.53. The fraction of sp³-hybridized carbons (Fsp3) is 0.600. The van der Waals surface area contributed by atoms with E-state index in [2.05, 4.69) is 0 Å². The maximum atomic E-state index is 12.9. The zero-order valence-corrected chi connectivity index (χ0v) is 11.4. The van der Waals surface area contributed by atoms with Crippen LogP contribution in [0.5, 0.6) is 0 Å². The SMILES string of the molecule is C[C@@H]1O[C@H](Cc2ccc(F)cc2)[C@H]2OC(C)(C)O[C@H]21. The van der Waals surface area contributed by atoms with E-state index >= 15 is 0 Å². The lowest BCUT2D eigenvalue weighted by atomic mass is 10.0. The second-order valence-corrected chi connectivity index (χ2v) is 5.78. The lowest BCUT2D eigenvalue weighted by Crippen LogP contribution is -2.31. The van der Waals surface area contributed by atoms with Crippen molar-refractivity contribution in [2.75, 3.05) is 0 Å². The van der Waals surface area contributed by atoms with Gasteiger partial charge in [-0.25, -0.2) is 4.39 Å². The Kier molecular flexibility index (Phi) is 3.12. The van der Waals surface area contributed by atoms with Gasteiger partial charge in [-0.1, -0.05) is 12.1 Å². The molecule has 1 aromatic carbocycles. The highest BCUT2D eigenvalue weighted by Crippen LogP contribution is 2.39. The van der Waals surface area contributed by atoms with Crippen molar-refractivity contribution < 1.29 is 18.6 Å². The third-order valence-electron chi connectivity index (χ3n) is 3.73. The molecule has 2 aliphatic rings. The van der Waals surface area contributed by atoms with E-state index in [9.17, 15) is 4.39 Å². The van der Waals surface area contributed by atoms with Crippen LogP contribution in [0.3, 0.4) is 0 Å². The Morgan fingerprint density at radius 1 is 1.11 bits per heavy atom. The summed E-state index contributed by atoms with van der Waals surface area (Å²) in [6.45, 7) is 5.85. The Morgan fingerprint density at radius 3 is 2.42 bits per heavy atom. The molecule has 0 unspecified atom stereocenters. The van der Waals surface area contributed by atoms with Gasteiger partial charge in [0.2, 0.25) is 0 Å². The Labute approximate surface area is 112 Å². The lowest BCUT2D eigenvalue weighted by molar-refractivity contribution is -0.184. The van der Waals surface area contributed by atoms with Gasteiger partial charge in [0, 0.05) is 6.42 Å². The van der Waals surface area contributed by atoms with Gasteiger partial charge in [-0.05, 0) is 38.5 Å². The van der Waals surface area contributed by atoms with Crippen molar-refractivity contribution in [3.05, 3.63) is 35.6 Å². The average Bonchev–Trinajstić information content (AvgIpc) is 2.79. The molecule has 0 bridgehead atoms. The number of rotatable bonds is 2. The van der Waals surface area contributed by atoms with E-state index in [-0.39, 0.29) is 30.2 Å². The maximum absolute atomic E-state index is 12.9. The molecular formula is C15H19FO3. The molecule has 0 N–H and O–H groups in total. The Morgan fingerprint density at radius 2 is 1.74 bits per heavy atom. The van der Waals surface area contributed by atoms with Gasteiger partial charge in [0.05, 0.1) is 12.2 Å². The van der Waals surface area contributed by atoms with Crippen LogP contribution < -0.4 is 0 Å². The first-order valence-electron chi connectivity index (χ1n) is 6.70. The fourth-order valence-electron chi connectivity index (χ4n) is 2.92. The van der Waals surface area contributed by atoms with Gasteiger partial charge in [-0.2, -0.15) is 0 Å². The van der Waals surface area contributed by atoms with Crippen LogP contribution in [0.2, 0.25) is 0 Å². The van der Waals surface area contributed by atoms with Crippen LogP contribution in [0.4, 0.5) is 4.39 Å². The van der Waals surface area contributed by atoms with E-state index < -0.39 is 5.79 Å². The summed E-state index contributed by atoms with van der Waals surface area (Å²) in [5, 5.41) is 0. The first-order chi connectivity index (χ1) is 8.94. The van der Waals surface area contributed by atoms with Gasteiger partial charge in [-0.15, -0.1) is 0 Å². The smallest absolute Gasteiger partial charge is 0.164 e. The molecule has 4 atom stereocenters. The second kappa shape index (κ2) is 4.54. The number of benzene rings is 1. The monoisotopic (exact) mass is 266 g/mol. The molecule has 3 rings (SSSR count). The molecule has 0 saturated carbocycles. The van der Waals surface area contributed by atoms with Gasteiger partial charge in [0.15, 0.2) is 5.79 Å². The van der Waals surface area contributed by atoms with Gasteiger partial charge in [0.25, 0.3) is 0 Å². The molecule has 2 aliphatic heterocycles. The summed E-state index contributed by atoms with van der Waals surface area (Å²) >= 11 is 0. The zero-order valence-electron chi connectivity index (χ0n) is 11.4. The standard InChI is InChI=1S/C15H19FO3/c1-9-13-14(19-15(2,3)18-13)12(17-9)8-10-4-6-11(16)7-5-10/h4-7,9,12-14H,8H2,1-3H3/t9-,12+,13-,14+/m0/s1. The third kappa shape index (κ3) is 2.53. The molecule has 3 nitrogen and oxygen atoms in total. The van der Waals surface area contributed by atoms with Crippen LogP contribution in [0.15, 0.2) is 24.3 Å². The van der Waals surface area contributed by atoms with Gasteiger partial charge in [0.1, 0.15) is 18.0 Å². The molecule has 4 heteroatoms. The van der Waals surface area contributed by atoms with Gasteiger partial charge in [-0.3, -0.25) is 0 Å². The number of hydrogen-bond acceptors (Lipinski definition) is 3. The molecule has 1 aromatic rings. The zero-order chi connectivity index (χ0) is 13.6. The molecule has 0 aliphatic carbocycles. The highest BCUT2D eigenvalue weighted by molar-refractivity contribution is 5.18. The summed E-state index contributed by atoms with van der Waals surface area (Å²) in [7, 11) is 0. The topological polar surface area (TPSA) is 27.7 Å². The maximum Gasteiger partial charge on any atom is 0.164 e. The lowest BCUT2D eigenvalue weighted by Gasteiger charge is -2.23. The molecule has 2 fully saturated rings.